The molecule has 0 aromatic rings. The summed E-state index contributed by atoms with van der Waals surface area (Å²) in [7, 11) is 0. The number of nitrogens with one attached hydrogen (secondary N) is 1. The summed E-state index contributed by atoms with van der Waals surface area (Å²) in [4.78, 5) is 17.4. The highest BCUT2D eigenvalue weighted by Gasteiger charge is 2.51. The number of morpholine rings is 1. The van der Waals surface area contributed by atoms with Gasteiger partial charge < -0.3 is 9.64 Å². The van der Waals surface area contributed by atoms with Gasteiger partial charge in [-0.15, -0.1) is 0 Å². The van der Waals surface area contributed by atoms with Crippen LogP contribution in [0.2, 0.25) is 0 Å². The first-order valence-electron chi connectivity index (χ1n) is 8.62. The molecule has 3 atom stereocenters. The fourth-order valence-electron chi connectivity index (χ4n) is 4.78. The van der Waals surface area contributed by atoms with Crippen LogP contribution in [0.1, 0.15) is 45.4 Å². The highest BCUT2D eigenvalue weighted by Crippen LogP contribution is 2.36. The molecule has 3 heterocycles. The van der Waals surface area contributed by atoms with E-state index in [1.807, 2.05) is 4.90 Å². The Morgan fingerprint density at radius 2 is 2.14 bits per heavy atom. The first-order chi connectivity index (χ1) is 10.2. The number of carbonyl (C=O) groups excluding carboxylic acids is 1. The Kier molecular flexibility index (Phi) is 3.47. The zero-order chi connectivity index (χ0) is 14.4. The summed E-state index contributed by atoms with van der Waals surface area (Å²) < 4.78 is 6.04. The molecule has 0 aromatic heterocycles. The van der Waals surface area contributed by atoms with E-state index in [-0.39, 0.29) is 17.8 Å². The molecule has 21 heavy (non-hydrogen) atoms. The van der Waals surface area contributed by atoms with E-state index in [0.717, 1.165) is 32.5 Å². The lowest BCUT2D eigenvalue weighted by molar-refractivity contribution is -0.136. The van der Waals surface area contributed by atoms with Gasteiger partial charge in [0.2, 0.25) is 5.91 Å². The molecular formula is C16H27N3O2. The van der Waals surface area contributed by atoms with Gasteiger partial charge in [0.05, 0.1) is 24.4 Å². The second kappa shape index (κ2) is 5.21. The van der Waals surface area contributed by atoms with Gasteiger partial charge in [-0.05, 0) is 39.2 Å². The topological polar surface area (TPSA) is 44.8 Å². The maximum Gasteiger partial charge on any atom is 0.244 e. The third kappa shape index (κ3) is 2.30. The van der Waals surface area contributed by atoms with Crippen molar-refractivity contribution in [3.8, 4) is 0 Å². The lowest BCUT2D eigenvalue weighted by atomic mass is 9.98. The summed E-state index contributed by atoms with van der Waals surface area (Å²) in [6.07, 6.45) is 7.27. The van der Waals surface area contributed by atoms with Crippen LogP contribution in [0.3, 0.4) is 0 Å². The van der Waals surface area contributed by atoms with Crippen LogP contribution >= 0.6 is 0 Å². The molecule has 5 heteroatoms. The van der Waals surface area contributed by atoms with Gasteiger partial charge in [-0.25, -0.2) is 0 Å². The average Bonchev–Trinajstić information content (AvgIpc) is 3.16. The van der Waals surface area contributed by atoms with Crippen molar-refractivity contribution < 1.29 is 9.53 Å². The molecule has 1 spiro atoms. The van der Waals surface area contributed by atoms with Crippen LogP contribution in [0.4, 0.5) is 0 Å². The quantitative estimate of drug-likeness (QED) is 0.823. The molecule has 0 aromatic carbocycles. The van der Waals surface area contributed by atoms with E-state index >= 15 is 0 Å². The Balaban J connectivity index is 1.41. The third-order valence-corrected chi connectivity index (χ3v) is 5.94. The smallest absolute Gasteiger partial charge is 0.244 e. The molecule has 4 rings (SSSR count). The molecule has 1 N–H and O–H groups in total. The maximum absolute atomic E-state index is 12.8. The van der Waals surface area contributed by atoms with Crippen LogP contribution in [-0.4, -0.2) is 65.8 Å². The SMILES string of the molecule is CC1NC2(CCCC2)C(=O)N1CC1CN2CCCC2CO1. The lowest BCUT2D eigenvalue weighted by Crippen LogP contribution is -2.52. The molecule has 3 saturated heterocycles. The van der Waals surface area contributed by atoms with Gasteiger partial charge in [0.25, 0.3) is 0 Å². The van der Waals surface area contributed by atoms with Crippen molar-refractivity contribution in [3.05, 3.63) is 0 Å². The van der Waals surface area contributed by atoms with Crippen LogP contribution < -0.4 is 5.32 Å². The monoisotopic (exact) mass is 293 g/mol. The standard InChI is InChI=1S/C16H27N3O2/c1-12-17-16(6-2-3-7-16)15(20)19(12)10-14-9-18-8-4-5-13(18)11-21-14/h12-14,17H,2-11H2,1H3. The molecule has 1 saturated carbocycles. The van der Waals surface area contributed by atoms with E-state index in [9.17, 15) is 4.79 Å². The summed E-state index contributed by atoms with van der Waals surface area (Å²) in [6, 6.07) is 0.632. The first kappa shape index (κ1) is 14.0. The zero-order valence-electron chi connectivity index (χ0n) is 13.0. The minimum atomic E-state index is -0.246. The normalized spacial score (nSPS) is 39.4. The van der Waals surface area contributed by atoms with Crippen LogP contribution in [-0.2, 0) is 9.53 Å². The van der Waals surface area contributed by atoms with Crippen molar-refractivity contribution in [2.24, 2.45) is 0 Å². The van der Waals surface area contributed by atoms with Crippen molar-refractivity contribution in [2.45, 2.75) is 69.3 Å². The van der Waals surface area contributed by atoms with Crippen LogP contribution in [0.5, 0.6) is 0 Å². The maximum atomic E-state index is 12.8. The first-order valence-corrected chi connectivity index (χ1v) is 8.62. The average molecular weight is 293 g/mol. The molecular weight excluding hydrogens is 266 g/mol. The van der Waals surface area contributed by atoms with Crippen molar-refractivity contribution in [1.82, 2.24) is 15.1 Å². The van der Waals surface area contributed by atoms with E-state index in [4.69, 9.17) is 4.74 Å². The molecule has 1 aliphatic carbocycles. The molecule has 3 unspecified atom stereocenters. The van der Waals surface area contributed by atoms with Crippen molar-refractivity contribution >= 4 is 5.91 Å². The number of ether oxygens (including phenoxy) is 1. The number of fused-ring (bicyclic) bond motifs is 1. The van der Waals surface area contributed by atoms with Crippen molar-refractivity contribution in [1.29, 1.82) is 0 Å². The van der Waals surface area contributed by atoms with Crippen LogP contribution in [0.15, 0.2) is 0 Å². The van der Waals surface area contributed by atoms with Gasteiger partial charge >= 0.3 is 0 Å². The third-order valence-electron chi connectivity index (χ3n) is 5.94. The largest absolute Gasteiger partial charge is 0.373 e. The van der Waals surface area contributed by atoms with Gasteiger partial charge in [0.15, 0.2) is 0 Å². The molecule has 0 radical (unpaired) electrons. The summed E-state index contributed by atoms with van der Waals surface area (Å²) in [5, 5.41) is 3.57. The minimum Gasteiger partial charge on any atom is -0.373 e. The Morgan fingerprint density at radius 1 is 1.33 bits per heavy atom. The summed E-state index contributed by atoms with van der Waals surface area (Å²) in [5.41, 5.74) is -0.246. The number of hydrogen-bond acceptors (Lipinski definition) is 4. The van der Waals surface area contributed by atoms with Gasteiger partial charge in [-0.3, -0.25) is 15.0 Å². The molecule has 0 bridgehead atoms. The summed E-state index contributed by atoms with van der Waals surface area (Å²) >= 11 is 0. The number of carbonyl (C=O) groups is 1. The van der Waals surface area contributed by atoms with E-state index in [0.29, 0.717) is 11.9 Å². The van der Waals surface area contributed by atoms with Gasteiger partial charge in [-0.2, -0.15) is 0 Å². The Labute approximate surface area is 127 Å². The Bertz CT molecular complexity index is 422. The number of rotatable bonds is 2. The van der Waals surface area contributed by atoms with Crippen LogP contribution in [0, 0.1) is 0 Å². The fraction of sp³-hybridized carbons (Fsp3) is 0.938. The minimum absolute atomic E-state index is 0.149. The molecule has 3 aliphatic heterocycles. The predicted octanol–water partition coefficient (Wildman–Crippen LogP) is 0.940. The molecule has 5 nitrogen and oxygen atoms in total. The number of nitrogens with zero attached hydrogens (tertiary/aromatic N) is 2. The zero-order valence-corrected chi connectivity index (χ0v) is 13.0. The summed E-state index contributed by atoms with van der Waals surface area (Å²) in [5.74, 6) is 0.319. The number of amides is 1. The Hall–Kier alpha value is -0.650. The lowest BCUT2D eigenvalue weighted by Gasteiger charge is -2.37. The molecule has 4 aliphatic rings. The van der Waals surface area contributed by atoms with Crippen LogP contribution in [0.25, 0.3) is 0 Å². The van der Waals surface area contributed by atoms with Crippen molar-refractivity contribution in [2.75, 3.05) is 26.2 Å². The fourth-order valence-corrected chi connectivity index (χ4v) is 4.78. The highest BCUT2D eigenvalue weighted by molar-refractivity contribution is 5.89. The van der Waals surface area contributed by atoms with E-state index < -0.39 is 0 Å². The van der Waals surface area contributed by atoms with E-state index in [1.54, 1.807) is 0 Å². The second-order valence-corrected chi connectivity index (χ2v) is 7.31. The van der Waals surface area contributed by atoms with Gasteiger partial charge in [0, 0.05) is 19.1 Å². The van der Waals surface area contributed by atoms with Crippen molar-refractivity contribution in [3.63, 3.8) is 0 Å². The predicted molar refractivity (Wildman–Crippen MR) is 79.8 cm³/mol. The highest BCUT2D eigenvalue weighted by atomic mass is 16.5. The van der Waals surface area contributed by atoms with Gasteiger partial charge in [-0.1, -0.05) is 12.8 Å². The van der Waals surface area contributed by atoms with E-state index in [1.165, 1.54) is 32.2 Å². The second-order valence-electron chi connectivity index (χ2n) is 7.31. The molecule has 1 amide bonds. The molecule has 118 valence electrons. The molecule has 4 fully saturated rings. The summed E-state index contributed by atoms with van der Waals surface area (Å²) in [6.45, 7) is 5.91. The van der Waals surface area contributed by atoms with Gasteiger partial charge in [0.1, 0.15) is 0 Å². The van der Waals surface area contributed by atoms with E-state index in [2.05, 4.69) is 17.1 Å². The Morgan fingerprint density at radius 3 is 2.95 bits per heavy atom. The number of hydrogen-bond donors (Lipinski definition) is 1.